The minimum absolute atomic E-state index is 0.0661. The lowest BCUT2D eigenvalue weighted by atomic mass is 10.00. The Morgan fingerprint density at radius 2 is 1.76 bits per heavy atom. The van der Waals surface area contributed by atoms with E-state index in [2.05, 4.69) is 10.6 Å². The smallest absolute Gasteiger partial charge is 0.305 e. The zero-order valence-electron chi connectivity index (χ0n) is 23.4. The minimum atomic E-state index is -1.37. The first kappa shape index (κ1) is 34.6. The SMILES string of the molecule is COc1ccc(CCC(=O)O)cc1CC(=O)N[C@H](C(=O)NC(CC(=O)O)C(=O)CSCc1c(F)cccc1Cl)C(C)C. The number of carboxylic acid groups (broad SMARTS) is 2. The number of carboxylic acids is 2. The Labute approximate surface area is 252 Å². The number of hydrogen-bond acceptors (Lipinski definition) is 7. The molecule has 0 aliphatic heterocycles. The summed E-state index contributed by atoms with van der Waals surface area (Å²) in [5.41, 5.74) is 1.40. The number of nitrogens with one attached hydrogen (secondary N) is 2. The number of methoxy groups -OCH3 is 1. The number of halogens is 2. The third-order valence-electron chi connectivity index (χ3n) is 6.23. The number of aliphatic carboxylic acids is 2. The van der Waals surface area contributed by atoms with Gasteiger partial charge in [-0.25, -0.2) is 4.39 Å². The van der Waals surface area contributed by atoms with Crippen molar-refractivity contribution in [3.63, 3.8) is 0 Å². The summed E-state index contributed by atoms with van der Waals surface area (Å²) in [6.07, 6.45) is -0.674. The van der Waals surface area contributed by atoms with Crippen LogP contribution in [-0.2, 0) is 42.6 Å². The fourth-order valence-corrected chi connectivity index (χ4v) is 5.33. The fraction of sp³-hybridized carbons (Fsp3) is 0.414. The van der Waals surface area contributed by atoms with Crippen molar-refractivity contribution < 1.29 is 43.3 Å². The van der Waals surface area contributed by atoms with E-state index >= 15 is 0 Å². The van der Waals surface area contributed by atoms with Crippen LogP contribution in [0, 0.1) is 11.7 Å². The molecule has 0 aliphatic rings. The van der Waals surface area contributed by atoms with Crippen molar-refractivity contribution in [2.45, 2.75) is 57.4 Å². The highest BCUT2D eigenvalue weighted by atomic mass is 35.5. The largest absolute Gasteiger partial charge is 0.496 e. The quantitative estimate of drug-likeness (QED) is 0.206. The molecule has 0 aromatic heterocycles. The third-order valence-corrected chi connectivity index (χ3v) is 7.56. The average Bonchev–Trinajstić information content (AvgIpc) is 2.91. The fourth-order valence-electron chi connectivity index (χ4n) is 4.02. The molecule has 0 aliphatic carbocycles. The Balaban J connectivity index is 2.08. The summed E-state index contributed by atoms with van der Waals surface area (Å²) in [6, 6.07) is 6.75. The van der Waals surface area contributed by atoms with Gasteiger partial charge in [-0.2, -0.15) is 0 Å². The van der Waals surface area contributed by atoms with E-state index < -0.39 is 59.8 Å². The Kier molecular flexibility index (Phi) is 13.8. The molecule has 0 heterocycles. The van der Waals surface area contributed by atoms with Crippen LogP contribution in [0.15, 0.2) is 36.4 Å². The van der Waals surface area contributed by atoms with Gasteiger partial charge in [-0.05, 0) is 36.1 Å². The Hall–Kier alpha value is -3.64. The summed E-state index contributed by atoms with van der Waals surface area (Å²) >= 11 is 7.05. The maximum atomic E-state index is 14.0. The van der Waals surface area contributed by atoms with E-state index in [1.165, 1.54) is 25.3 Å². The molecule has 2 rings (SSSR count). The highest BCUT2D eigenvalue weighted by Gasteiger charge is 2.30. The molecule has 13 heteroatoms. The summed E-state index contributed by atoms with van der Waals surface area (Å²) < 4.78 is 19.3. The van der Waals surface area contributed by atoms with Gasteiger partial charge in [0.05, 0.1) is 31.7 Å². The van der Waals surface area contributed by atoms with Crippen LogP contribution in [0.3, 0.4) is 0 Å². The van der Waals surface area contributed by atoms with E-state index in [1.54, 1.807) is 32.0 Å². The Morgan fingerprint density at radius 1 is 1.05 bits per heavy atom. The first-order chi connectivity index (χ1) is 19.8. The van der Waals surface area contributed by atoms with Gasteiger partial charge in [-0.1, -0.05) is 43.6 Å². The molecule has 2 aromatic carbocycles. The van der Waals surface area contributed by atoms with Crippen LogP contribution in [0.25, 0.3) is 0 Å². The van der Waals surface area contributed by atoms with Gasteiger partial charge < -0.3 is 25.6 Å². The van der Waals surface area contributed by atoms with Crippen molar-refractivity contribution >= 4 is 52.9 Å². The number of amides is 2. The third kappa shape index (κ3) is 11.0. The molecule has 2 amide bonds. The molecule has 0 saturated heterocycles. The number of hydrogen-bond donors (Lipinski definition) is 4. The van der Waals surface area contributed by atoms with Crippen molar-refractivity contribution in [3.05, 3.63) is 63.9 Å². The maximum Gasteiger partial charge on any atom is 0.305 e. The average molecular weight is 625 g/mol. The number of aryl methyl sites for hydroxylation is 1. The molecule has 0 fully saturated rings. The van der Waals surface area contributed by atoms with Crippen LogP contribution in [0.2, 0.25) is 5.02 Å². The molecule has 0 bridgehead atoms. The van der Waals surface area contributed by atoms with Gasteiger partial charge in [0.2, 0.25) is 11.8 Å². The van der Waals surface area contributed by atoms with Crippen molar-refractivity contribution in [2.24, 2.45) is 5.92 Å². The number of carbonyl (C=O) groups excluding carboxylic acids is 3. The summed E-state index contributed by atoms with van der Waals surface area (Å²) in [5.74, 6) is -4.79. The molecular formula is C29H34ClFN2O8S. The second-order valence-corrected chi connectivity index (χ2v) is 11.2. The van der Waals surface area contributed by atoms with Crippen molar-refractivity contribution in [1.82, 2.24) is 10.6 Å². The second kappa shape index (κ2) is 16.7. The number of carbonyl (C=O) groups is 5. The molecule has 2 atom stereocenters. The first-order valence-corrected chi connectivity index (χ1v) is 14.6. The van der Waals surface area contributed by atoms with E-state index in [4.69, 9.17) is 21.4 Å². The van der Waals surface area contributed by atoms with E-state index in [1.807, 2.05) is 0 Å². The number of rotatable bonds is 17. The number of thioether (sulfide) groups is 1. The van der Waals surface area contributed by atoms with Crippen LogP contribution in [0.1, 0.15) is 43.4 Å². The van der Waals surface area contributed by atoms with Crippen LogP contribution in [0.5, 0.6) is 5.75 Å². The lowest BCUT2D eigenvalue weighted by Crippen LogP contribution is -2.54. The van der Waals surface area contributed by atoms with Crippen LogP contribution < -0.4 is 15.4 Å². The number of Topliss-reactive ketones (excluding diaryl/α,β-unsaturated/α-hetero) is 1. The van der Waals surface area contributed by atoms with E-state index in [9.17, 15) is 33.5 Å². The maximum absolute atomic E-state index is 14.0. The Bertz CT molecular complexity index is 1290. The van der Waals surface area contributed by atoms with Gasteiger partial charge in [-0.3, -0.25) is 24.0 Å². The summed E-state index contributed by atoms with van der Waals surface area (Å²) in [4.78, 5) is 61.3. The summed E-state index contributed by atoms with van der Waals surface area (Å²) in [6.45, 7) is 3.36. The molecule has 0 radical (unpaired) electrons. The van der Waals surface area contributed by atoms with Gasteiger partial charge in [0.15, 0.2) is 5.78 Å². The standard InChI is InChI=1S/C29H34ClFN2O8S/c1-16(2)28(33-25(35)12-18-11-17(8-10-26(36)37)7-9-24(18)41-3)29(40)32-22(13-27(38)39)23(34)15-42-14-19-20(30)5-4-6-21(19)31/h4-7,9,11,16,22,28H,8,10,12-15H2,1-3H3,(H,32,40)(H,33,35)(H,36,37)(H,38,39)/t22?,28-/m0/s1. The van der Waals surface area contributed by atoms with Crippen molar-refractivity contribution in [1.29, 1.82) is 0 Å². The first-order valence-electron chi connectivity index (χ1n) is 13.0. The molecule has 2 aromatic rings. The lowest BCUT2D eigenvalue weighted by Gasteiger charge is -2.25. The monoisotopic (exact) mass is 624 g/mol. The molecule has 4 N–H and O–H groups in total. The van der Waals surface area contributed by atoms with Gasteiger partial charge >= 0.3 is 11.9 Å². The summed E-state index contributed by atoms with van der Waals surface area (Å²) in [7, 11) is 1.43. The highest BCUT2D eigenvalue weighted by Crippen LogP contribution is 2.24. The number of benzene rings is 2. The second-order valence-electron chi connectivity index (χ2n) is 9.82. The van der Waals surface area contributed by atoms with Gasteiger partial charge in [0.1, 0.15) is 17.6 Å². The van der Waals surface area contributed by atoms with Crippen LogP contribution in [0.4, 0.5) is 4.39 Å². The Morgan fingerprint density at radius 3 is 2.36 bits per heavy atom. The molecular weight excluding hydrogens is 591 g/mol. The molecule has 1 unspecified atom stereocenters. The zero-order chi connectivity index (χ0) is 31.4. The normalized spacial score (nSPS) is 12.3. The number of ether oxygens (including phenoxy) is 1. The minimum Gasteiger partial charge on any atom is -0.496 e. The summed E-state index contributed by atoms with van der Waals surface area (Å²) in [5, 5.41) is 23.6. The van der Waals surface area contributed by atoms with E-state index in [0.717, 1.165) is 11.8 Å². The van der Waals surface area contributed by atoms with Crippen LogP contribution >= 0.6 is 23.4 Å². The molecule has 42 heavy (non-hydrogen) atoms. The molecule has 10 nitrogen and oxygen atoms in total. The highest BCUT2D eigenvalue weighted by molar-refractivity contribution is 7.99. The van der Waals surface area contributed by atoms with Crippen LogP contribution in [-0.4, -0.2) is 64.7 Å². The van der Waals surface area contributed by atoms with Gasteiger partial charge in [-0.15, -0.1) is 11.8 Å². The van der Waals surface area contributed by atoms with E-state index in [0.29, 0.717) is 16.9 Å². The predicted molar refractivity (Wildman–Crippen MR) is 156 cm³/mol. The van der Waals surface area contributed by atoms with E-state index in [-0.39, 0.29) is 41.4 Å². The van der Waals surface area contributed by atoms with Gasteiger partial charge in [0.25, 0.3) is 0 Å². The van der Waals surface area contributed by atoms with Crippen molar-refractivity contribution in [3.8, 4) is 5.75 Å². The topological polar surface area (TPSA) is 159 Å². The predicted octanol–water partition coefficient (Wildman–Crippen LogP) is 3.65. The lowest BCUT2D eigenvalue weighted by molar-refractivity contribution is -0.140. The molecule has 0 saturated carbocycles. The zero-order valence-corrected chi connectivity index (χ0v) is 25.0. The van der Waals surface area contributed by atoms with Gasteiger partial charge in [0, 0.05) is 28.3 Å². The molecule has 0 spiro atoms. The number of ketones is 1. The van der Waals surface area contributed by atoms with Crippen molar-refractivity contribution in [2.75, 3.05) is 12.9 Å². The molecule has 228 valence electrons.